The third-order valence-corrected chi connectivity index (χ3v) is 4.30. The third kappa shape index (κ3) is 3.28. The number of nitrogens with zero attached hydrogens (tertiary/aromatic N) is 3. The molecular formula is C11H11N3O3S2. The second-order valence-electron chi connectivity index (χ2n) is 3.64. The van der Waals surface area contributed by atoms with Gasteiger partial charge in [0.2, 0.25) is 0 Å². The Bertz CT molecular complexity index is 601. The molecule has 0 bridgehead atoms. The largest absolute Gasteiger partial charge is 0.392 e. The molecule has 0 amide bonds. The lowest BCUT2D eigenvalue weighted by Crippen LogP contribution is -1.93. The van der Waals surface area contributed by atoms with E-state index in [9.17, 15) is 15.2 Å². The first kappa shape index (κ1) is 13.9. The number of rotatable bonds is 5. The summed E-state index contributed by atoms with van der Waals surface area (Å²) >= 11 is 2.64. The van der Waals surface area contributed by atoms with E-state index in [4.69, 9.17) is 0 Å². The molecule has 0 aliphatic rings. The van der Waals surface area contributed by atoms with E-state index in [0.29, 0.717) is 5.56 Å². The Labute approximate surface area is 117 Å². The molecule has 1 heterocycles. The van der Waals surface area contributed by atoms with Crippen LogP contribution in [0.3, 0.4) is 0 Å². The number of benzene rings is 1. The van der Waals surface area contributed by atoms with Crippen LogP contribution in [0.4, 0.5) is 5.69 Å². The topological polar surface area (TPSA) is 89.2 Å². The molecule has 0 radical (unpaired) electrons. The molecule has 1 aromatic heterocycles. The SMILES string of the molecule is CCc1nsc(Sc2ccc([N+](=O)[O-])cc2CO)n1. The maximum Gasteiger partial charge on any atom is 0.269 e. The van der Waals surface area contributed by atoms with Crippen molar-refractivity contribution in [3.8, 4) is 0 Å². The van der Waals surface area contributed by atoms with Gasteiger partial charge in [-0.2, -0.15) is 4.37 Å². The number of nitro groups is 1. The maximum atomic E-state index is 10.7. The van der Waals surface area contributed by atoms with E-state index in [1.807, 2.05) is 6.92 Å². The molecule has 0 atom stereocenters. The minimum absolute atomic E-state index is 0.0279. The Morgan fingerprint density at radius 1 is 1.53 bits per heavy atom. The predicted molar refractivity (Wildman–Crippen MR) is 72.4 cm³/mol. The van der Waals surface area contributed by atoms with Crippen molar-refractivity contribution in [1.29, 1.82) is 0 Å². The molecule has 100 valence electrons. The number of aliphatic hydroxyl groups excluding tert-OH is 1. The van der Waals surface area contributed by atoms with Crippen molar-refractivity contribution in [2.75, 3.05) is 0 Å². The molecule has 0 aliphatic heterocycles. The van der Waals surface area contributed by atoms with Gasteiger partial charge in [0.25, 0.3) is 5.69 Å². The fourth-order valence-electron chi connectivity index (χ4n) is 1.42. The van der Waals surface area contributed by atoms with Crippen LogP contribution in [0.5, 0.6) is 0 Å². The van der Waals surface area contributed by atoms with Gasteiger partial charge in [-0.3, -0.25) is 10.1 Å². The summed E-state index contributed by atoms with van der Waals surface area (Å²) in [5.74, 6) is 0.778. The zero-order valence-electron chi connectivity index (χ0n) is 10.1. The molecule has 19 heavy (non-hydrogen) atoms. The molecule has 2 aromatic rings. The highest BCUT2D eigenvalue weighted by Gasteiger charge is 2.13. The number of non-ortho nitro benzene ring substituents is 1. The maximum absolute atomic E-state index is 10.7. The zero-order chi connectivity index (χ0) is 13.8. The van der Waals surface area contributed by atoms with Crippen LogP contribution in [0.25, 0.3) is 0 Å². The molecular weight excluding hydrogens is 286 g/mol. The van der Waals surface area contributed by atoms with E-state index in [1.165, 1.54) is 35.4 Å². The second-order valence-corrected chi connectivity index (χ2v) is 5.68. The smallest absolute Gasteiger partial charge is 0.269 e. The number of hydrogen-bond donors (Lipinski definition) is 1. The van der Waals surface area contributed by atoms with E-state index in [2.05, 4.69) is 9.36 Å². The summed E-state index contributed by atoms with van der Waals surface area (Å²) in [6, 6.07) is 4.43. The van der Waals surface area contributed by atoms with Gasteiger partial charge in [-0.15, -0.1) is 0 Å². The van der Waals surface area contributed by atoms with Gasteiger partial charge >= 0.3 is 0 Å². The lowest BCUT2D eigenvalue weighted by atomic mass is 10.2. The van der Waals surface area contributed by atoms with Crippen LogP contribution in [0.2, 0.25) is 0 Å². The van der Waals surface area contributed by atoms with Gasteiger partial charge in [-0.1, -0.05) is 18.7 Å². The first-order valence-electron chi connectivity index (χ1n) is 5.52. The van der Waals surface area contributed by atoms with E-state index >= 15 is 0 Å². The van der Waals surface area contributed by atoms with Gasteiger partial charge in [0.1, 0.15) is 5.82 Å². The molecule has 0 aliphatic carbocycles. The fraction of sp³-hybridized carbons (Fsp3) is 0.273. The summed E-state index contributed by atoms with van der Waals surface area (Å²) in [4.78, 5) is 15.3. The van der Waals surface area contributed by atoms with E-state index in [0.717, 1.165) is 21.5 Å². The molecule has 0 fully saturated rings. The highest BCUT2D eigenvalue weighted by molar-refractivity contribution is 8.01. The Morgan fingerprint density at radius 3 is 2.89 bits per heavy atom. The Balaban J connectivity index is 2.26. The van der Waals surface area contributed by atoms with Crippen molar-refractivity contribution in [3.63, 3.8) is 0 Å². The molecule has 0 saturated heterocycles. The summed E-state index contributed by atoms with van der Waals surface area (Å²) in [6.45, 7) is 1.73. The first-order chi connectivity index (χ1) is 9.13. The normalized spacial score (nSPS) is 10.6. The van der Waals surface area contributed by atoms with Gasteiger partial charge in [0.05, 0.1) is 11.5 Å². The summed E-state index contributed by atoms with van der Waals surface area (Å²) in [7, 11) is 0. The van der Waals surface area contributed by atoms with Gasteiger partial charge in [-0.05, 0) is 23.2 Å². The van der Waals surface area contributed by atoms with Crippen LogP contribution in [0.15, 0.2) is 27.4 Å². The van der Waals surface area contributed by atoms with Crippen LogP contribution in [-0.2, 0) is 13.0 Å². The minimum Gasteiger partial charge on any atom is -0.392 e. The van der Waals surface area contributed by atoms with Gasteiger partial charge in [0.15, 0.2) is 4.34 Å². The molecule has 8 heteroatoms. The molecule has 1 N–H and O–H groups in total. The van der Waals surface area contributed by atoms with Gasteiger partial charge in [0, 0.05) is 23.4 Å². The van der Waals surface area contributed by atoms with E-state index in [1.54, 1.807) is 6.07 Å². The van der Waals surface area contributed by atoms with Crippen molar-refractivity contribution in [2.45, 2.75) is 29.2 Å². The number of nitro benzene ring substituents is 1. The van der Waals surface area contributed by atoms with E-state index in [-0.39, 0.29) is 12.3 Å². The second kappa shape index (κ2) is 6.09. The van der Waals surface area contributed by atoms with Crippen LogP contribution in [0.1, 0.15) is 18.3 Å². The summed E-state index contributed by atoms with van der Waals surface area (Å²) in [5, 5.41) is 20.0. The Morgan fingerprint density at radius 2 is 2.32 bits per heavy atom. The Hall–Kier alpha value is -1.51. The number of aromatic nitrogens is 2. The van der Waals surface area contributed by atoms with Crippen LogP contribution >= 0.6 is 23.3 Å². The van der Waals surface area contributed by atoms with Crippen molar-refractivity contribution in [3.05, 3.63) is 39.7 Å². The van der Waals surface area contributed by atoms with Crippen LogP contribution in [0, 0.1) is 10.1 Å². The Kier molecular flexibility index (Phi) is 4.46. The number of aliphatic hydroxyl groups is 1. The van der Waals surface area contributed by atoms with Gasteiger partial charge < -0.3 is 5.11 Å². The lowest BCUT2D eigenvalue weighted by Gasteiger charge is -2.04. The lowest BCUT2D eigenvalue weighted by molar-refractivity contribution is -0.385. The molecule has 1 aromatic carbocycles. The molecule has 0 spiro atoms. The van der Waals surface area contributed by atoms with Crippen molar-refractivity contribution in [1.82, 2.24) is 9.36 Å². The highest BCUT2D eigenvalue weighted by atomic mass is 32.2. The van der Waals surface area contributed by atoms with Crippen LogP contribution in [-0.4, -0.2) is 19.4 Å². The summed E-state index contributed by atoms with van der Waals surface area (Å²) in [6.07, 6.45) is 0.768. The predicted octanol–water partition coefficient (Wildman–Crippen LogP) is 2.65. The standard InChI is InChI=1S/C11H11N3O3S2/c1-2-10-12-11(19-13-10)18-9-4-3-8(14(16)17)5-7(9)6-15/h3-5,15H,2,6H2,1H3. The summed E-state index contributed by atoms with van der Waals surface area (Å²) in [5.41, 5.74) is 0.493. The minimum atomic E-state index is -0.478. The zero-order valence-corrected chi connectivity index (χ0v) is 11.7. The molecule has 6 nitrogen and oxygen atoms in total. The average Bonchev–Trinajstić information content (AvgIpc) is 2.86. The number of aryl methyl sites for hydroxylation is 1. The van der Waals surface area contributed by atoms with E-state index < -0.39 is 4.92 Å². The van der Waals surface area contributed by atoms with Gasteiger partial charge in [-0.25, -0.2) is 4.98 Å². The number of hydrogen-bond acceptors (Lipinski definition) is 7. The molecule has 2 rings (SSSR count). The van der Waals surface area contributed by atoms with Crippen molar-refractivity contribution >= 4 is 29.0 Å². The molecule has 0 saturated carbocycles. The highest BCUT2D eigenvalue weighted by Crippen LogP contribution is 2.33. The monoisotopic (exact) mass is 297 g/mol. The third-order valence-electron chi connectivity index (χ3n) is 2.39. The first-order valence-corrected chi connectivity index (χ1v) is 7.11. The van der Waals surface area contributed by atoms with Crippen molar-refractivity contribution in [2.24, 2.45) is 0 Å². The summed E-state index contributed by atoms with van der Waals surface area (Å²) < 4.78 is 4.94. The van der Waals surface area contributed by atoms with Crippen molar-refractivity contribution < 1.29 is 10.0 Å². The quantitative estimate of drug-likeness (QED) is 0.674. The average molecular weight is 297 g/mol. The molecule has 0 unspecified atom stereocenters. The fourth-order valence-corrected chi connectivity index (χ4v) is 3.18. The van der Waals surface area contributed by atoms with Crippen LogP contribution < -0.4 is 0 Å².